The van der Waals surface area contributed by atoms with E-state index in [0.29, 0.717) is 31.1 Å². The summed E-state index contributed by atoms with van der Waals surface area (Å²) in [4.78, 5) is 28.1. The first kappa shape index (κ1) is 14.7. The van der Waals surface area contributed by atoms with Crippen molar-refractivity contribution in [2.24, 2.45) is 0 Å². The van der Waals surface area contributed by atoms with Crippen LogP contribution in [-0.4, -0.2) is 48.6 Å². The number of ketones is 1. The first-order chi connectivity index (χ1) is 9.99. The van der Waals surface area contributed by atoms with Crippen LogP contribution in [0.2, 0.25) is 0 Å². The molecule has 2 unspecified atom stereocenters. The van der Waals surface area contributed by atoms with Crippen LogP contribution < -0.4 is 4.90 Å². The molecule has 1 aromatic carbocycles. The molecule has 2 heterocycles. The summed E-state index contributed by atoms with van der Waals surface area (Å²) in [5.74, 6) is -0.881. The Labute approximate surface area is 132 Å². The summed E-state index contributed by atoms with van der Waals surface area (Å²) < 4.78 is 6.31. The number of Topliss-reactive ketones (excluding diaryl/α,β-unsaturated/α-hetero) is 1. The van der Waals surface area contributed by atoms with Crippen molar-refractivity contribution in [3.8, 4) is 0 Å². The second kappa shape index (κ2) is 5.51. The van der Waals surface area contributed by atoms with Gasteiger partial charge in [0.25, 0.3) is 5.78 Å². The average Bonchev–Trinajstić information content (AvgIpc) is 2.67. The van der Waals surface area contributed by atoms with E-state index in [4.69, 9.17) is 4.74 Å². The number of halogens is 1. The molecule has 0 radical (unpaired) electrons. The maximum Gasteiger partial charge on any atom is 0.300 e. The Morgan fingerprint density at radius 1 is 1.24 bits per heavy atom. The van der Waals surface area contributed by atoms with Crippen LogP contribution in [0.25, 0.3) is 0 Å². The first-order valence-electron chi connectivity index (χ1n) is 6.98. The van der Waals surface area contributed by atoms with Crippen LogP contribution in [0.5, 0.6) is 0 Å². The Morgan fingerprint density at radius 2 is 1.90 bits per heavy atom. The third-order valence-electron chi connectivity index (χ3n) is 4.09. The van der Waals surface area contributed by atoms with Gasteiger partial charge in [0.2, 0.25) is 0 Å². The monoisotopic (exact) mass is 352 g/mol. The summed E-state index contributed by atoms with van der Waals surface area (Å²) in [6.07, 6.45) is 0. The number of carbonyl (C=O) groups excluding carboxylic acids is 2. The molecule has 5 nitrogen and oxygen atoms in total. The molecule has 1 aromatic rings. The third kappa shape index (κ3) is 2.52. The van der Waals surface area contributed by atoms with Gasteiger partial charge in [0.15, 0.2) is 0 Å². The van der Waals surface area contributed by atoms with Gasteiger partial charge in [-0.05, 0) is 32.0 Å². The topological polar surface area (TPSA) is 49.9 Å². The number of hydrogen-bond acceptors (Lipinski definition) is 4. The van der Waals surface area contributed by atoms with E-state index in [9.17, 15) is 9.59 Å². The van der Waals surface area contributed by atoms with Crippen molar-refractivity contribution >= 4 is 33.3 Å². The van der Waals surface area contributed by atoms with Gasteiger partial charge < -0.3 is 4.74 Å². The maximum absolute atomic E-state index is 12.3. The smallest absolute Gasteiger partial charge is 0.300 e. The van der Waals surface area contributed by atoms with E-state index in [-0.39, 0.29) is 12.1 Å². The van der Waals surface area contributed by atoms with Crippen LogP contribution >= 0.6 is 15.9 Å². The Morgan fingerprint density at radius 3 is 2.57 bits per heavy atom. The van der Waals surface area contributed by atoms with Gasteiger partial charge in [0, 0.05) is 16.6 Å². The highest BCUT2D eigenvalue weighted by Crippen LogP contribution is 2.32. The van der Waals surface area contributed by atoms with Gasteiger partial charge in [-0.25, -0.2) is 0 Å². The lowest BCUT2D eigenvalue weighted by atomic mass is 10.1. The van der Waals surface area contributed by atoms with Crippen molar-refractivity contribution in [3.05, 3.63) is 28.2 Å². The molecular weight excluding hydrogens is 336 g/mol. The van der Waals surface area contributed by atoms with E-state index in [0.717, 1.165) is 4.47 Å². The van der Waals surface area contributed by atoms with Crippen molar-refractivity contribution in [1.29, 1.82) is 0 Å². The summed E-state index contributed by atoms with van der Waals surface area (Å²) in [5, 5.41) is 0. The van der Waals surface area contributed by atoms with E-state index < -0.39 is 11.7 Å². The number of morpholine rings is 1. The van der Waals surface area contributed by atoms with E-state index in [1.165, 1.54) is 0 Å². The van der Waals surface area contributed by atoms with Gasteiger partial charge in [0.1, 0.15) is 0 Å². The highest BCUT2D eigenvalue weighted by Gasteiger charge is 2.38. The first-order valence-corrected chi connectivity index (χ1v) is 7.77. The number of carbonyl (C=O) groups is 2. The molecule has 21 heavy (non-hydrogen) atoms. The fourth-order valence-electron chi connectivity index (χ4n) is 2.89. The van der Waals surface area contributed by atoms with Crippen LogP contribution in [0, 0.1) is 0 Å². The number of hydrogen-bond donors (Lipinski definition) is 0. The van der Waals surface area contributed by atoms with Crippen molar-refractivity contribution < 1.29 is 14.3 Å². The minimum Gasteiger partial charge on any atom is -0.378 e. The Bertz CT molecular complexity index is 595. The maximum atomic E-state index is 12.3. The van der Waals surface area contributed by atoms with E-state index in [1.807, 2.05) is 12.1 Å². The zero-order valence-corrected chi connectivity index (χ0v) is 13.6. The number of amides is 1. The summed E-state index contributed by atoms with van der Waals surface area (Å²) in [5.41, 5.74) is 1.17. The van der Waals surface area contributed by atoms with Gasteiger partial charge in [-0.2, -0.15) is 0 Å². The molecule has 0 bridgehead atoms. The van der Waals surface area contributed by atoms with Crippen molar-refractivity contribution in [3.63, 3.8) is 0 Å². The Hall–Kier alpha value is -1.24. The van der Waals surface area contributed by atoms with Crippen molar-refractivity contribution in [1.82, 2.24) is 4.90 Å². The van der Waals surface area contributed by atoms with Gasteiger partial charge in [-0.1, -0.05) is 15.9 Å². The van der Waals surface area contributed by atoms with Crippen LogP contribution in [0.3, 0.4) is 0 Å². The largest absolute Gasteiger partial charge is 0.378 e. The highest BCUT2D eigenvalue weighted by molar-refractivity contribution is 9.10. The van der Waals surface area contributed by atoms with Crippen LogP contribution in [0.15, 0.2) is 22.7 Å². The van der Waals surface area contributed by atoms with Crippen LogP contribution in [0.1, 0.15) is 24.2 Å². The normalized spacial score (nSPS) is 26.3. The number of anilines is 1. The van der Waals surface area contributed by atoms with Crippen LogP contribution in [-0.2, 0) is 9.53 Å². The predicted molar refractivity (Wildman–Crippen MR) is 82.4 cm³/mol. The lowest BCUT2D eigenvalue weighted by Gasteiger charge is -2.40. The van der Waals surface area contributed by atoms with E-state index in [1.54, 1.807) is 11.0 Å². The summed E-state index contributed by atoms with van der Waals surface area (Å²) >= 11 is 3.34. The quantitative estimate of drug-likeness (QED) is 0.764. The molecule has 2 aliphatic rings. The van der Waals surface area contributed by atoms with E-state index in [2.05, 4.69) is 34.7 Å². The molecule has 0 N–H and O–H groups in total. The average molecular weight is 353 g/mol. The van der Waals surface area contributed by atoms with Crippen molar-refractivity contribution in [2.75, 3.05) is 24.8 Å². The van der Waals surface area contributed by atoms with Crippen LogP contribution in [0.4, 0.5) is 5.69 Å². The predicted octanol–water partition coefficient (Wildman–Crippen LogP) is 2.05. The minimum atomic E-state index is -0.450. The van der Waals surface area contributed by atoms with Gasteiger partial charge in [0.05, 0.1) is 31.1 Å². The second-order valence-electron chi connectivity index (χ2n) is 5.61. The number of rotatable bonds is 2. The fraction of sp³-hybridized carbons (Fsp3) is 0.467. The van der Waals surface area contributed by atoms with E-state index >= 15 is 0 Å². The SMILES string of the molecule is CC1COCC(C)N1CN1C(=O)C(=O)c2cc(Br)ccc21. The van der Waals surface area contributed by atoms with Gasteiger partial charge >= 0.3 is 5.91 Å². The molecule has 1 amide bonds. The molecule has 1 saturated heterocycles. The number of ether oxygens (including phenoxy) is 1. The molecule has 0 saturated carbocycles. The molecule has 2 atom stereocenters. The molecule has 1 fully saturated rings. The Balaban J connectivity index is 1.89. The molecule has 0 spiro atoms. The molecule has 3 rings (SSSR count). The summed E-state index contributed by atoms with van der Waals surface area (Å²) in [6, 6.07) is 5.82. The number of fused-ring (bicyclic) bond motifs is 1. The molecule has 2 aliphatic heterocycles. The van der Waals surface area contributed by atoms with Gasteiger partial charge in [-0.15, -0.1) is 0 Å². The molecule has 112 valence electrons. The van der Waals surface area contributed by atoms with Crippen molar-refractivity contribution in [2.45, 2.75) is 25.9 Å². The Kier molecular flexibility index (Phi) is 3.86. The fourth-order valence-corrected chi connectivity index (χ4v) is 3.25. The molecule has 0 aliphatic carbocycles. The van der Waals surface area contributed by atoms with Gasteiger partial charge in [-0.3, -0.25) is 19.4 Å². The second-order valence-corrected chi connectivity index (χ2v) is 6.53. The highest BCUT2D eigenvalue weighted by atomic mass is 79.9. The summed E-state index contributed by atoms with van der Waals surface area (Å²) in [6.45, 7) is 5.85. The minimum absolute atomic E-state index is 0.219. The zero-order valence-electron chi connectivity index (χ0n) is 12.0. The summed E-state index contributed by atoms with van der Waals surface area (Å²) in [7, 11) is 0. The molecular formula is C15H17BrN2O3. The standard InChI is InChI=1S/C15H17BrN2O3/c1-9-6-21-7-10(2)17(9)8-18-13-4-3-11(16)5-12(13)14(19)15(18)20/h3-5,9-10H,6-8H2,1-2H3. The molecule has 6 heteroatoms. The third-order valence-corrected chi connectivity index (χ3v) is 4.58. The number of benzene rings is 1. The zero-order chi connectivity index (χ0) is 15.1. The molecule has 0 aromatic heterocycles. The lowest BCUT2D eigenvalue weighted by molar-refractivity contribution is -0.115. The lowest BCUT2D eigenvalue weighted by Crippen LogP contribution is -2.54. The number of nitrogens with zero attached hydrogens (tertiary/aromatic N) is 2.